The van der Waals surface area contributed by atoms with Crippen LogP contribution >= 0.6 is 11.8 Å². The van der Waals surface area contributed by atoms with Gasteiger partial charge < -0.3 is 0 Å². The number of hydrogen-bond donors (Lipinski definition) is 0. The summed E-state index contributed by atoms with van der Waals surface area (Å²) in [5.41, 5.74) is 0.942. The smallest absolute Gasteiger partial charge is 0.151 e. The van der Waals surface area contributed by atoms with Crippen molar-refractivity contribution in [1.29, 1.82) is 0 Å². The average Bonchev–Trinajstić information content (AvgIpc) is 2.16. The third kappa shape index (κ3) is 1.56. The molecule has 0 radical (unpaired) electrons. The lowest BCUT2D eigenvalue weighted by Gasteiger charge is -2.01. The number of aldehydes is 2. The molecule has 0 atom stereocenters. The molecule has 62 valence electrons. The Morgan fingerprint density at radius 2 is 2.00 bits per heavy atom. The van der Waals surface area contributed by atoms with Crippen LogP contribution in [0.5, 0.6) is 0 Å². The number of carbonyl (C=O) groups is 2. The van der Waals surface area contributed by atoms with Gasteiger partial charge in [-0.3, -0.25) is 9.59 Å². The van der Waals surface area contributed by atoms with Crippen LogP contribution in [-0.2, 0) is 0 Å². The number of rotatable bonds is 3. The molecule has 0 aliphatic carbocycles. The molecule has 0 aliphatic rings. The van der Waals surface area contributed by atoms with Crippen LogP contribution in [0, 0.1) is 0 Å². The third-order valence-electron chi connectivity index (χ3n) is 1.56. The summed E-state index contributed by atoms with van der Waals surface area (Å²) in [6.07, 6.45) is 3.29. The minimum atomic E-state index is 0.455. The van der Waals surface area contributed by atoms with Crippen molar-refractivity contribution < 1.29 is 9.59 Å². The minimum absolute atomic E-state index is 0.455. The highest BCUT2D eigenvalue weighted by molar-refractivity contribution is 7.98. The first-order chi connectivity index (χ1) is 5.83. The molecule has 0 saturated carbocycles. The van der Waals surface area contributed by atoms with E-state index in [-0.39, 0.29) is 0 Å². The molecular formula is C9H8O2S. The Morgan fingerprint density at radius 3 is 2.50 bits per heavy atom. The van der Waals surface area contributed by atoms with Gasteiger partial charge in [0.05, 0.1) is 0 Å². The largest absolute Gasteiger partial charge is 0.298 e. The maximum Gasteiger partial charge on any atom is 0.151 e. The molecule has 2 nitrogen and oxygen atoms in total. The molecule has 0 saturated heterocycles. The summed E-state index contributed by atoms with van der Waals surface area (Å²) in [6, 6.07) is 5.22. The van der Waals surface area contributed by atoms with Crippen LogP contribution < -0.4 is 0 Å². The summed E-state index contributed by atoms with van der Waals surface area (Å²) in [6.45, 7) is 0. The molecule has 1 rings (SSSR count). The molecule has 0 amide bonds. The van der Waals surface area contributed by atoms with Gasteiger partial charge in [0.15, 0.2) is 12.6 Å². The van der Waals surface area contributed by atoms with Crippen LogP contribution in [0.4, 0.5) is 0 Å². The van der Waals surface area contributed by atoms with Gasteiger partial charge in [-0.05, 0) is 12.3 Å². The molecule has 0 aliphatic heterocycles. The molecule has 3 heteroatoms. The van der Waals surface area contributed by atoms with E-state index in [9.17, 15) is 9.59 Å². The lowest BCUT2D eigenvalue weighted by atomic mass is 10.1. The number of carbonyl (C=O) groups excluding carboxylic acids is 2. The lowest BCUT2D eigenvalue weighted by Crippen LogP contribution is -1.92. The first kappa shape index (κ1) is 9.00. The van der Waals surface area contributed by atoms with Crippen LogP contribution in [0.15, 0.2) is 23.1 Å². The average molecular weight is 180 g/mol. The fourth-order valence-corrected chi connectivity index (χ4v) is 1.57. The Kier molecular flexibility index (Phi) is 3.05. The zero-order valence-corrected chi connectivity index (χ0v) is 7.43. The van der Waals surface area contributed by atoms with Gasteiger partial charge in [-0.1, -0.05) is 12.1 Å². The van der Waals surface area contributed by atoms with E-state index in [2.05, 4.69) is 0 Å². The standard InChI is InChI=1S/C9H8O2S/c1-12-9-4-2-3-7(5-10)8(9)6-11/h2-6H,1H3. The minimum Gasteiger partial charge on any atom is -0.298 e. The van der Waals surface area contributed by atoms with Gasteiger partial charge in [0, 0.05) is 16.0 Å². The topological polar surface area (TPSA) is 34.1 Å². The summed E-state index contributed by atoms with van der Waals surface area (Å²) in [5.74, 6) is 0. The molecule has 1 aromatic rings. The summed E-state index contributed by atoms with van der Waals surface area (Å²) in [5, 5.41) is 0. The molecule has 0 fully saturated rings. The third-order valence-corrected chi connectivity index (χ3v) is 2.36. The van der Waals surface area contributed by atoms with Crippen LogP contribution in [-0.4, -0.2) is 18.8 Å². The first-order valence-electron chi connectivity index (χ1n) is 3.41. The normalized spacial score (nSPS) is 9.42. The molecular weight excluding hydrogens is 172 g/mol. The van der Waals surface area contributed by atoms with Gasteiger partial charge in [0.1, 0.15) is 0 Å². The zero-order valence-electron chi connectivity index (χ0n) is 6.61. The van der Waals surface area contributed by atoms with E-state index in [0.717, 1.165) is 11.2 Å². The van der Waals surface area contributed by atoms with Crippen LogP contribution in [0.3, 0.4) is 0 Å². The van der Waals surface area contributed by atoms with E-state index in [1.807, 2.05) is 12.3 Å². The number of thioether (sulfide) groups is 1. The summed E-state index contributed by atoms with van der Waals surface area (Å²) in [4.78, 5) is 21.9. The maximum absolute atomic E-state index is 10.6. The predicted molar refractivity (Wildman–Crippen MR) is 49.0 cm³/mol. The molecule has 0 spiro atoms. The SMILES string of the molecule is CSc1cccc(C=O)c1C=O. The molecule has 0 unspecified atom stereocenters. The predicted octanol–water partition coefficient (Wildman–Crippen LogP) is 2.03. The molecule has 12 heavy (non-hydrogen) atoms. The van der Waals surface area contributed by atoms with Crippen molar-refractivity contribution in [3.63, 3.8) is 0 Å². The van der Waals surface area contributed by atoms with Gasteiger partial charge in [0.25, 0.3) is 0 Å². The second-order valence-electron chi connectivity index (χ2n) is 2.20. The molecule has 0 heterocycles. The van der Waals surface area contributed by atoms with Crippen molar-refractivity contribution in [2.45, 2.75) is 4.90 Å². The van der Waals surface area contributed by atoms with Crippen LogP contribution in [0.1, 0.15) is 20.7 Å². The molecule has 0 bridgehead atoms. The highest BCUT2D eigenvalue weighted by Crippen LogP contribution is 2.20. The lowest BCUT2D eigenvalue weighted by molar-refractivity contribution is 0.109. The van der Waals surface area contributed by atoms with Crippen molar-refractivity contribution in [2.75, 3.05) is 6.26 Å². The quantitative estimate of drug-likeness (QED) is 0.527. The van der Waals surface area contributed by atoms with E-state index in [4.69, 9.17) is 0 Å². The number of benzene rings is 1. The van der Waals surface area contributed by atoms with Gasteiger partial charge in [-0.25, -0.2) is 0 Å². The maximum atomic E-state index is 10.6. The second kappa shape index (κ2) is 4.07. The molecule has 1 aromatic carbocycles. The Labute approximate surface area is 75.0 Å². The fraction of sp³-hybridized carbons (Fsp3) is 0.111. The van der Waals surface area contributed by atoms with E-state index in [1.165, 1.54) is 11.8 Å². The monoisotopic (exact) mass is 180 g/mol. The van der Waals surface area contributed by atoms with E-state index >= 15 is 0 Å². The van der Waals surface area contributed by atoms with E-state index in [1.54, 1.807) is 12.1 Å². The van der Waals surface area contributed by atoms with Gasteiger partial charge in [-0.15, -0.1) is 11.8 Å². The van der Waals surface area contributed by atoms with Crippen molar-refractivity contribution in [1.82, 2.24) is 0 Å². The van der Waals surface area contributed by atoms with Crippen molar-refractivity contribution in [2.24, 2.45) is 0 Å². The first-order valence-corrected chi connectivity index (χ1v) is 4.63. The van der Waals surface area contributed by atoms with Gasteiger partial charge >= 0.3 is 0 Å². The molecule has 0 aromatic heterocycles. The highest BCUT2D eigenvalue weighted by Gasteiger charge is 2.04. The molecule has 0 N–H and O–H groups in total. The number of hydrogen-bond acceptors (Lipinski definition) is 3. The Bertz CT molecular complexity index is 307. The Hall–Kier alpha value is -1.09. The van der Waals surface area contributed by atoms with Gasteiger partial charge in [-0.2, -0.15) is 0 Å². The zero-order chi connectivity index (χ0) is 8.97. The Morgan fingerprint density at radius 1 is 1.25 bits per heavy atom. The summed E-state index contributed by atoms with van der Waals surface area (Å²) in [7, 11) is 0. The highest BCUT2D eigenvalue weighted by atomic mass is 32.2. The second-order valence-corrected chi connectivity index (χ2v) is 3.05. The summed E-state index contributed by atoms with van der Waals surface area (Å²) >= 11 is 1.46. The van der Waals surface area contributed by atoms with Crippen LogP contribution in [0.2, 0.25) is 0 Å². The van der Waals surface area contributed by atoms with E-state index in [0.29, 0.717) is 17.4 Å². The van der Waals surface area contributed by atoms with Crippen molar-refractivity contribution in [3.05, 3.63) is 29.3 Å². The van der Waals surface area contributed by atoms with Crippen LogP contribution in [0.25, 0.3) is 0 Å². The Balaban J connectivity index is 3.31. The van der Waals surface area contributed by atoms with Gasteiger partial charge in [0.2, 0.25) is 0 Å². The van der Waals surface area contributed by atoms with Crippen molar-refractivity contribution >= 4 is 24.3 Å². The van der Waals surface area contributed by atoms with Crippen molar-refractivity contribution in [3.8, 4) is 0 Å². The summed E-state index contributed by atoms with van der Waals surface area (Å²) < 4.78 is 0. The van der Waals surface area contributed by atoms with E-state index < -0.39 is 0 Å². The fourth-order valence-electron chi connectivity index (χ4n) is 0.968.